The minimum atomic E-state index is -3.85. The second-order valence-electron chi connectivity index (χ2n) is 7.05. The number of aryl methyl sites for hydroxylation is 1. The Balaban J connectivity index is 1.65. The first-order chi connectivity index (χ1) is 13.1. The van der Waals surface area contributed by atoms with Crippen molar-refractivity contribution in [2.45, 2.75) is 50.7 Å². The quantitative estimate of drug-likeness (QED) is 0.711. The van der Waals surface area contributed by atoms with Crippen LogP contribution in [0.2, 0.25) is 0 Å². The largest absolute Gasteiger partial charge is 0.440 e. The number of furan rings is 1. The molecule has 0 spiro atoms. The minimum Gasteiger partial charge on any atom is -0.440 e. The zero-order valence-corrected chi connectivity index (χ0v) is 17.8. The van der Waals surface area contributed by atoms with Crippen molar-refractivity contribution < 1.29 is 25.8 Å². The lowest BCUT2D eigenvalue weighted by Crippen LogP contribution is -2.44. The van der Waals surface area contributed by atoms with Gasteiger partial charge < -0.3 is 8.94 Å². The highest BCUT2D eigenvalue weighted by atomic mass is 32.2. The third-order valence-electron chi connectivity index (χ3n) is 5.00. The van der Waals surface area contributed by atoms with Gasteiger partial charge in [-0.1, -0.05) is 11.6 Å². The summed E-state index contributed by atoms with van der Waals surface area (Å²) in [6, 6.07) is 2.69. The fourth-order valence-corrected chi connectivity index (χ4v) is 5.55. The van der Waals surface area contributed by atoms with Crippen LogP contribution in [0.4, 0.5) is 0 Å². The smallest absolute Gasteiger partial charge is 0.273 e. The molecule has 2 aromatic rings. The van der Waals surface area contributed by atoms with E-state index in [1.807, 2.05) is 6.92 Å². The molecule has 1 atom stereocenters. The first kappa shape index (κ1) is 21.0. The Hall–Kier alpha value is -1.69. The van der Waals surface area contributed by atoms with E-state index in [2.05, 4.69) is 9.88 Å². The Kier molecular flexibility index (Phi) is 5.99. The van der Waals surface area contributed by atoms with Crippen LogP contribution >= 0.6 is 0 Å². The molecule has 0 radical (unpaired) electrons. The lowest BCUT2D eigenvalue weighted by atomic mass is 10.0. The van der Waals surface area contributed by atoms with E-state index >= 15 is 0 Å². The summed E-state index contributed by atoms with van der Waals surface area (Å²) in [6.45, 7) is 4.20. The van der Waals surface area contributed by atoms with Crippen LogP contribution in [0.3, 0.4) is 0 Å². The van der Waals surface area contributed by atoms with Gasteiger partial charge in [0.1, 0.15) is 0 Å². The van der Waals surface area contributed by atoms with Crippen LogP contribution in [-0.2, 0) is 20.0 Å². The van der Waals surface area contributed by atoms with Crippen molar-refractivity contribution in [3.05, 3.63) is 23.4 Å². The van der Waals surface area contributed by atoms with Crippen molar-refractivity contribution in [1.82, 2.24) is 14.2 Å². The van der Waals surface area contributed by atoms with E-state index in [0.717, 1.165) is 24.8 Å². The van der Waals surface area contributed by atoms with Gasteiger partial charge in [-0.25, -0.2) is 21.6 Å². The molecule has 1 fully saturated rings. The highest BCUT2D eigenvalue weighted by Crippen LogP contribution is 2.29. The zero-order chi connectivity index (χ0) is 20.5. The second-order valence-corrected chi connectivity index (χ2v) is 10.7. The number of piperidine rings is 1. The molecular formula is C17H25N3O6S2. The zero-order valence-electron chi connectivity index (χ0n) is 16.1. The van der Waals surface area contributed by atoms with Gasteiger partial charge in [-0.15, -0.1) is 0 Å². The van der Waals surface area contributed by atoms with Crippen molar-refractivity contribution in [3.8, 4) is 11.5 Å². The fraction of sp³-hybridized carbons (Fsp3) is 0.588. The fourth-order valence-electron chi connectivity index (χ4n) is 3.36. The topological polar surface area (TPSA) is 123 Å². The lowest BCUT2D eigenvalue weighted by Gasteiger charge is -2.33. The Labute approximate surface area is 165 Å². The van der Waals surface area contributed by atoms with Crippen LogP contribution in [-0.4, -0.2) is 51.7 Å². The van der Waals surface area contributed by atoms with Crippen molar-refractivity contribution >= 4 is 20.0 Å². The van der Waals surface area contributed by atoms with E-state index in [9.17, 15) is 16.8 Å². The van der Waals surface area contributed by atoms with Crippen LogP contribution in [0.1, 0.15) is 36.9 Å². The van der Waals surface area contributed by atoms with Crippen molar-refractivity contribution in [1.29, 1.82) is 0 Å². The van der Waals surface area contributed by atoms with Crippen molar-refractivity contribution in [2.75, 3.05) is 19.3 Å². The molecule has 11 heteroatoms. The average molecular weight is 432 g/mol. The maximum Gasteiger partial charge on any atom is 0.273 e. The summed E-state index contributed by atoms with van der Waals surface area (Å²) in [7, 11) is -7.16. The second kappa shape index (κ2) is 7.97. The number of hydrogen-bond acceptors (Lipinski definition) is 7. The van der Waals surface area contributed by atoms with Crippen molar-refractivity contribution in [3.63, 3.8) is 0 Å². The third-order valence-corrected chi connectivity index (χ3v) is 7.66. The number of rotatable bonds is 7. The van der Waals surface area contributed by atoms with Crippen LogP contribution in [0.15, 0.2) is 26.2 Å². The molecule has 0 aliphatic carbocycles. The summed E-state index contributed by atoms with van der Waals surface area (Å²) in [5.41, 5.74) is 1.49. The molecule has 1 unspecified atom stereocenters. The molecule has 9 nitrogen and oxygen atoms in total. The van der Waals surface area contributed by atoms with E-state index in [4.69, 9.17) is 8.94 Å². The summed E-state index contributed by atoms with van der Waals surface area (Å²) in [6.07, 6.45) is 4.07. The van der Waals surface area contributed by atoms with Gasteiger partial charge in [0.05, 0.1) is 11.9 Å². The highest BCUT2D eigenvalue weighted by Gasteiger charge is 2.29. The minimum absolute atomic E-state index is 0.121. The number of aromatic nitrogens is 1. The lowest BCUT2D eigenvalue weighted by molar-refractivity contribution is 0.243. The number of nitrogens with one attached hydrogen (secondary N) is 1. The number of nitrogens with zero attached hydrogens (tertiary/aromatic N) is 2. The van der Waals surface area contributed by atoms with E-state index in [1.165, 1.54) is 22.7 Å². The molecule has 1 aliphatic rings. The molecule has 156 valence electrons. The Morgan fingerprint density at radius 2 is 1.96 bits per heavy atom. The van der Waals surface area contributed by atoms with Gasteiger partial charge in [0.25, 0.3) is 10.0 Å². The summed E-state index contributed by atoms with van der Waals surface area (Å²) >= 11 is 0. The third kappa shape index (κ3) is 4.48. The molecule has 0 aromatic carbocycles. The predicted molar refractivity (Wildman–Crippen MR) is 103 cm³/mol. The van der Waals surface area contributed by atoms with Crippen LogP contribution < -0.4 is 4.72 Å². The van der Waals surface area contributed by atoms with Gasteiger partial charge in [-0.05, 0) is 45.2 Å². The summed E-state index contributed by atoms with van der Waals surface area (Å²) in [5.74, 6) is 0.680. The standard InChI is InChI=1S/C17H25N3O6S2/c1-12-13(2)19-26-17(12)15-7-8-16(25-15)28(23,24)18-10-9-14-6-4-5-11-20(14)27(3,21)22/h7-8,14,18H,4-6,9-11H2,1-3H3. The molecule has 3 heterocycles. The van der Waals surface area contributed by atoms with Crippen molar-refractivity contribution in [2.24, 2.45) is 0 Å². The molecule has 3 rings (SSSR count). The maximum atomic E-state index is 12.5. The van der Waals surface area contributed by atoms with Gasteiger partial charge in [0.2, 0.25) is 20.9 Å². The summed E-state index contributed by atoms with van der Waals surface area (Å²) < 4.78 is 63.4. The molecule has 0 saturated carbocycles. The molecule has 0 amide bonds. The Bertz CT molecular complexity index is 1040. The highest BCUT2D eigenvalue weighted by molar-refractivity contribution is 7.89. The van der Waals surface area contributed by atoms with E-state index in [-0.39, 0.29) is 23.4 Å². The molecule has 1 N–H and O–H groups in total. The average Bonchev–Trinajstić information content (AvgIpc) is 3.23. The van der Waals surface area contributed by atoms with Gasteiger partial charge in [-0.2, -0.15) is 4.31 Å². The van der Waals surface area contributed by atoms with Gasteiger partial charge in [0.15, 0.2) is 5.76 Å². The summed E-state index contributed by atoms with van der Waals surface area (Å²) in [5, 5.41) is 3.62. The van der Waals surface area contributed by atoms with Crippen LogP contribution in [0, 0.1) is 13.8 Å². The SMILES string of the molecule is Cc1noc(-c2ccc(S(=O)(=O)NCCC3CCCCN3S(C)(=O)=O)o2)c1C. The molecule has 2 aromatic heterocycles. The molecule has 0 bridgehead atoms. The van der Waals surface area contributed by atoms with Gasteiger partial charge in [0, 0.05) is 24.7 Å². The summed E-state index contributed by atoms with van der Waals surface area (Å²) in [4.78, 5) is 0. The first-order valence-electron chi connectivity index (χ1n) is 9.09. The van der Waals surface area contributed by atoms with Crippen LogP contribution in [0.5, 0.6) is 0 Å². The molecule has 1 aliphatic heterocycles. The molecule has 1 saturated heterocycles. The Morgan fingerprint density at radius 1 is 1.21 bits per heavy atom. The number of hydrogen-bond donors (Lipinski definition) is 1. The van der Waals surface area contributed by atoms with E-state index < -0.39 is 20.0 Å². The molecular weight excluding hydrogens is 406 g/mol. The first-order valence-corrected chi connectivity index (χ1v) is 12.4. The van der Waals surface area contributed by atoms with Gasteiger partial charge in [-0.3, -0.25) is 0 Å². The monoisotopic (exact) mass is 431 g/mol. The predicted octanol–water partition coefficient (Wildman–Crippen LogP) is 2.03. The van der Waals surface area contributed by atoms with Gasteiger partial charge >= 0.3 is 0 Å². The Morgan fingerprint density at radius 3 is 2.61 bits per heavy atom. The van der Waals surface area contributed by atoms with E-state index in [0.29, 0.717) is 24.4 Å². The van der Waals surface area contributed by atoms with E-state index in [1.54, 1.807) is 6.92 Å². The number of sulfonamides is 2. The van der Waals surface area contributed by atoms with Crippen LogP contribution in [0.25, 0.3) is 11.5 Å². The molecule has 28 heavy (non-hydrogen) atoms. The maximum absolute atomic E-state index is 12.5. The normalized spacial score (nSPS) is 19.2.